The summed E-state index contributed by atoms with van der Waals surface area (Å²) in [6.07, 6.45) is 0.527. The molecule has 0 aromatic heterocycles. The minimum Gasteiger partial charge on any atom is -0.508 e. The van der Waals surface area contributed by atoms with E-state index in [2.05, 4.69) is 0 Å². The zero-order valence-electron chi connectivity index (χ0n) is 16.5. The molecule has 4 rings (SSSR count). The van der Waals surface area contributed by atoms with Crippen molar-refractivity contribution in [2.75, 3.05) is 6.54 Å². The molecule has 1 heterocycles. The summed E-state index contributed by atoms with van der Waals surface area (Å²) in [6.45, 7) is 0.264. The molecule has 3 aromatic carbocycles. The molecule has 1 aliphatic rings. The Morgan fingerprint density at radius 1 is 0.903 bits per heavy atom. The Morgan fingerprint density at radius 3 is 2.19 bits per heavy atom. The number of aliphatic hydroxyl groups excluding tert-OH is 1. The van der Waals surface area contributed by atoms with Crippen molar-refractivity contribution >= 4 is 17.4 Å². The summed E-state index contributed by atoms with van der Waals surface area (Å²) in [5, 5.41) is 20.6. The number of rotatable bonds is 5. The third kappa shape index (κ3) is 4.05. The highest BCUT2D eigenvalue weighted by atomic mass is 19.1. The molecule has 2 N–H and O–H groups in total. The average Bonchev–Trinajstić information content (AvgIpc) is 3.04. The van der Waals surface area contributed by atoms with E-state index in [4.69, 9.17) is 0 Å². The van der Waals surface area contributed by atoms with E-state index in [9.17, 15) is 24.2 Å². The average molecular weight is 417 g/mol. The Hall–Kier alpha value is -3.93. The molecule has 1 atom stereocenters. The molecule has 5 nitrogen and oxygen atoms in total. The van der Waals surface area contributed by atoms with E-state index >= 15 is 0 Å². The van der Waals surface area contributed by atoms with E-state index in [-0.39, 0.29) is 29.2 Å². The van der Waals surface area contributed by atoms with Gasteiger partial charge < -0.3 is 15.1 Å². The number of phenolic OH excluding ortho intramolecular Hbond substituents is 1. The van der Waals surface area contributed by atoms with Crippen molar-refractivity contribution in [2.24, 2.45) is 0 Å². The predicted octanol–water partition coefficient (Wildman–Crippen LogP) is 4.20. The second-order valence-corrected chi connectivity index (χ2v) is 7.33. The molecule has 0 bridgehead atoms. The number of hydrogen-bond donors (Lipinski definition) is 2. The molecule has 1 unspecified atom stereocenters. The minimum absolute atomic E-state index is 0.0449. The van der Waals surface area contributed by atoms with Crippen LogP contribution in [0.15, 0.2) is 84.4 Å². The molecule has 1 aliphatic heterocycles. The number of halogens is 1. The first-order valence-corrected chi connectivity index (χ1v) is 9.83. The Morgan fingerprint density at radius 2 is 1.55 bits per heavy atom. The first-order chi connectivity index (χ1) is 15.0. The van der Waals surface area contributed by atoms with E-state index in [1.54, 1.807) is 12.1 Å². The predicted molar refractivity (Wildman–Crippen MR) is 114 cm³/mol. The van der Waals surface area contributed by atoms with Gasteiger partial charge in [0.25, 0.3) is 11.7 Å². The number of amides is 1. The first kappa shape index (κ1) is 20.3. The molecule has 0 aliphatic carbocycles. The molecule has 31 heavy (non-hydrogen) atoms. The van der Waals surface area contributed by atoms with Gasteiger partial charge in [-0.1, -0.05) is 42.5 Å². The van der Waals surface area contributed by atoms with Crippen LogP contribution in [0.25, 0.3) is 5.76 Å². The normalized spacial score (nSPS) is 17.8. The van der Waals surface area contributed by atoms with Crippen molar-refractivity contribution in [3.63, 3.8) is 0 Å². The van der Waals surface area contributed by atoms with E-state index in [1.807, 2.05) is 30.3 Å². The number of carbonyl (C=O) groups excluding carboxylic acids is 2. The van der Waals surface area contributed by atoms with Crippen LogP contribution in [0, 0.1) is 5.82 Å². The minimum atomic E-state index is -0.825. The molecule has 1 amide bonds. The van der Waals surface area contributed by atoms with Gasteiger partial charge in [0.1, 0.15) is 17.3 Å². The number of nitrogens with zero attached hydrogens (tertiary/aromatic N) is 1. The molecule has 156 valence electrons. The molecule has 0 radical (unpaired) electrons. The van der Waals surface area contributed by atoms with Crippen LogP contribution in [0.2, 0.25) is 0 Å². The molecule has 0 saturated carbocycles. The van der Waals surface area contributed by atoms with Gasteiger partial charge in [0, 0.05) is 12.1 Å². The second-order valence-electron chi connectivity index (χ2n) is 7.33. The fraction of sp³-hybridized carbons (Fsp3) is 0.120. The third-order valence-corrected chi connectivity index (χ3v) is 5.35. The van der Waals surface area contributed by atoms with Crippen molar-refractivity contribution in [1.82, 2.24) is 4.90 Å². The highest BCUT2D eigenvalue weighted by Gasteiger charge is 2.45. The van der Waals surface area contributed by atoms with E-state index < -0.39 is 23.5 Å². The van der Waals surface area contributed by atoms with Crippen LogP contribution in [-0.4, -0.2) is 33.3 Å². The molecule has 1 saturated heterocycles. The number of carbonyl (C=O) groups is 2. The van der Waals surface area contributed by atoms with Crippen LogP contribution in [0.5, 0.6) is 5.75 Å². The number of ketones is 1. The Labute approximate surface area is 178 Å². The summed E-state index contributed by atoms with van der Waals surface area (Å²) in [5.74, 6) is -2.30. The van der Waals surface area contributed by atoms with Crippen LogP contribution >= 0.6 is 0 Å². The van der Waals surface area contributed by atoms with Gasteiger partial charge in [-0.25, -0.2) is 4.39 Å². The Balaban J connectivity index is 1.78. The summed E-state index contributed by atoms with van der Waals surface area (Å²) in [4.78, 5) is 27.3. The van der Waals surface area contributed by atoms with Gasteiger partial charge in [-0.05, 0) is 53.9 Å². The van der Waals surface area contributed by atoms with Crippen LogP contribution in [-0.2, 0) is 16.0 Å². The number of aliphatic hydroxyl groups is 1. The SMILES string of the molecule is O=C1C(=O)N(CCc2ccccc2)C(c2ccc(O)cc2)/C1=C(\O)c1ccc(F)cc1. The lowest BCUT2D eigenvalue weighted by atomic mass is 9.95. The Kier molecular flexibility index (Phi) is 5.54. The molecular formula is C25H20FNO4. The number of Topliss-reactive ketones (excluding diaryl/α,β-unsaturated/α-hetero) is 1. The monoisotopic (exact) mass is 417 g/mol. The van der Waals surface area contributed by atoms with Gasteiger partial charge in [0.05, 0.1) is 11.6 Å². The largest absolute Gasteiger partial charge is 0.508 e. The lowest BCUT2D eigenvalue weighted by Gasteiger charge is -2.25. The fourth-order valence-electron chi connectivity index (χ4n) is 3.77. The van der Waals surface area contributed by atoms with Crippen molar-refractivity contribution in [3.8, 4) is 5.75 Å². The maximum atomic E-state index is 13.3. The molecule has 1 fully saturated rings. The number of hydrogen-bond acceptors (Lipinski definition) is 4. The zero-order valence-corrected chi connectivity index (χ0v) is 16.5. The Bertz CT molecular complexity index is 1140. The van der Waals surface area contributed by atoms with Gasteiger partial charge in [0.15, 0.2) is 0 Å². The summed E-state index contributed by atoms with van der Waals surface area (Å²) in [6, 6.07) is 20.0. The van der Waals surface area contributed by atoms with Gasteiger partial charge in [0.2, 0.25) is 0 Å². The molecule has 6 heteroatoms. The van der Waals surface area contributed by atoms with E-state index in [0.29, 0.717) is 12.0 Å². The van der Waals surface area contributed by atoms with Crippen LogP contribution < -0.4 is 0 Å². The molecular weight excluding hydrogens is 397 g/mol. The third-order valence-electron chi connectivity index (χ3n) is 5.35. The highest BCUT2D eigenvalue weighted by molar-refractivity contribution is 6.46. The smallest absolute Gasteiger partial charge is 0.295 e. The lowest BCUT2D eigenvalue weighted by molar-refractivity contribution is -0.139. The quantitative estimate of drug-likeness (QED) is 0.371. The number of benzene rings is 3. The highest BCUT2D eigenvalue weighted by Crippen LogP contribution is 2.39. The van der Waals surface area contributed by atoms with Crippen LogP contribution in [0.4, 0.5) is 4.39 Å². The van der Waals surface area contributed by atoms with Crippen molar-refractivity contribution in [2.45, 2.75) is 12.5 Å². The van der Waals surface area contributed by atoms with Gasteiger partial charge in [-0.15, -0.1) is 0 Å². The van der Waals surface area contributed by atoms with Crippen molar-refractivity contribution in [3.05, 3.63) is 107 Å². The topological polar surface area (TPSA) is 77.8 Å². The number of aromatic hydroxyl groups is 1. The van der Waals surface area contributed by atoms with Crippen LogP contribution in [0.1, 0.15) is 22.7 Å². The standard InChI is InChI=1S/C25H20FNO4/c26-19-10-6-18(7-11-19)23(29)21-22(17-8-12-20(28)13-9-17)27(25(31)24(21)30)15-14-16-4-2-1-3-5-16/h1-13,22,28-29H,14-15H2/b23-21+. The molecule has 3 aromatic rings. The molecule has 0 spiro atoms. The van der Waals surface area contributed by atoms with E-state index in [0.717, 1.165) is 5.56 Å². The zero-order chi connectivity index (χ0) is 22.0. The number of likely N-dealkylation sites (tertiary alicyclic amines) is 1. The summed E-state index contributed by atoms with van der Waals surface area (Å²) < 4.78 is 13.3. The van der Waals surface area contributed by atoms with Crippen LogP contribution in [0.3, 0.4) is 0 Å². The van der Waals surface area contributed by atoms with Gasteiger partial charge in [-0.3, -0.25) is 9.59 Å². The van der Waals surface area contributed by atoms with Crippen molar-refractivity contribution in [1.29, 1.82) is 0 Å². The van der Waals surface area contributed by atoms with Crippen molar-refractivity contribution < 1.29 is 24.2 Å². The van der Waals surface area contributed by atoms with E-state index in [1.165, 1.54) is 41.3 Å². The first-order valence-electron chi connectivity index (χ1n) is 9.83. The summed E-state index contributed by atoms with van der Waals surface area (Å²) in [7, 11) is 0. The number of phenols is 1. The maximum absolute atomic E-state index is 13.3. The van der Waals surface area contributed by atoms with Gasteiger partial charge in [-0.2, -0.15) is 0 Å². The lowest BCUT2D eigenvalue weighted by Crippen LogP contribution is -2.31. The second kappa shape index (κ2) is 8.44. The summed E-state index contributed by atoms with van der Waals surface area (Å²) in [5.41, 5.74) is 1.77. The fourth-order valence-corrected chi connectivity index (χ4v) is 3.77. The van der Waals surface area contributed by atoms with Gasteiger partial charge >= 0.3 is 0 Å². The summed E-state index contributed by atoms with van der Waals surface area (Å²) >= 11 is 0. The maximum Gasteiger partial charge on any atom is 0.295 e.